The van der Waals surface area contributed by atoms with Gasteiger partial charge in [0.2, 0.25) is 11.5 Å². The molecule has 48 heavy (non-hydrogen) atoms. The summed E-state index contributed by atoms with van der Waals surface area (Å²) in [6.07, 6.45) is 0. The molecule has 0 fully saturated rings. The van der Waals surface area contributed by atoms with Gasteiger partial charge in [0.25, 0.3) is 0 Å². The van der Waals surface area contributed by atoms with Crippen LogP contribution in [0.1, 0.15) is 38.2 Å². The smallest absolute Gasteiger partial charge is 0.343 e. The number of aromatic hydroxyl groups is 1. The van der Waals surface area contributed by atoms with Gasteiger partial charge in [-0.05, 0) is 29.8 Å². The molecule has 0 saturated heterocycles. The first-order valence-corrected chi connectivity index (χ1v) is 16.8. The van der Waals surface area contributed by atoms with Gasteiger partial charge in [0, 0.05) is 26.7 Å². The third kappa shape index (κ3) is 5.00. The minimum Gasteiger partial charge on any atom is -0.504 e. The third-order valence-corrected chi connectivity index (χ3v) is 9.20. The zero-order valence-corrected chi connectivity index (χ0v) is 27.5. The van der Waals surface area contributed by atoms with E-state index in [-0.39, 0.29) is 28.6 Å². The van der Waals surface area contributed by atoms with E-state index < -0.39 is 17.5 Å². The lowest BCUT2D eigenvalue weighted by atomic mass is 9.97. The van der Waals surface area contributed by atoms with Crippen molar-refractivity contribution in [1.82, 2.24) is 0 Å². The van der Waals surface area contributed by atoms with Crippen molar-refractivity contribution in [1.29, 1.82) is 0 Å². The van der Waals surface area contributed by atoms with Gasteiger partial charge in [-0.2, -0.15) is 0 Å². The van der Waals surface area contributed by atoms with Crippen molar-refractivity contribution in [2.75, 3.05) is 0 Å². The van der Waals surface area contributed by atoms with Crippen molar-refractivity contribution >= 4 is 28.6 Å². The van der Waals surface area contributed by atoms with Gasteiger partial charge in [0.15, 0.2) is 23.0 Å². The van der Waals surface area contributed by atoms with E-state index in [2.05, 4.69) is 22.6 Å². The molecule has 0 saturated carbocycles. The Balaban J connectivity index is 1.15. The first-order chi connectivity index (χ1) is 23.5. The zero-order valence-electron chi connectivity index (χ0n) is 25.3. The normalized spacial score (nSPS) is 14.8. The van der Waals surface area contributed by atoms with Crippen LogP contribution in [0.2, 0.25) is 0 Å². The number of phenolic OH excluding ortho intramolecular Hbond substituents is 1. The summed E-state index contributed by atoms with van der Waals surface area (Å²) in [5.74, 6) is -2.39. The summed E-state index contributed by atoms with van der Waals surface area (Å²) >= 11 is 2.25. The first-order valence-electron chi connectivity index (χ1n) is 15.3. The second-order valence-electron chi connectivity index (χ2n) is 11.4. The lowest BCUT2D eigenvalue weighted by Gasteiger charge is -2.28. The van der Waals surface area contributed by atoms with Crippen LogP contribution < -0.4 is 23.7 Å². The first kappa shape index (κ1) is 29.9. The number of carbonyl (C=O) groups is 1. The Bertz CT molecular complexity index is 2040. The molecule has 2 aliphatic rings. The van der Waals surface area contributed by atoms with E-state index in [9.17, 15) is 9.90 Å². The van der Waals surface area contributed by atoms with Crippen LogP contribution in [0.15, 0.2) is 146 Å². The van der Waals surface area contributed by atoms with Crippen LogP contribution in [0.25, 0.3) is 0 Å². The average Bonchev–Trinajstić information content (AvgIpc) is 3.75. The topological polar surface area (TPSA) is 83.5 Å². The van der Waals surface area contributed by atoms with Crippen LogP contribution >= 0.6 is 22.6 Å². The van der Waals surface area contributed by atoms with Gasteiger partial charge in [0.05, 0.1) is 5.56 Å². The van der Waals surface area contributed by atoms with E-state index in [0.717, 1.165) is 27.8 Å². The fourth-order valence-electron chi connectivity index (χ4n) is 6.08. The summed E-state index contributed by atoms with van der Waals surface area (Å²) in [5.41, 5.74) is 3.95. The number of carbonyl (C=O) groups excluding carboxylic acids is 1. The molecule has 236 valence electrons. The Morgan fingerprint density at radius 2 is 1.02 bits per heavy atom. The number of alkyl halides is 1. The summed E-state index contributed by atoms with van der Waals surface area (Å²) in [6, 6.07) is 44.7. The Labute approximate surface area is 290 Å². The molecule has 2 aliphatic heterocycles. The van der Waals surface area contributed by atoms with Crippen LogP contribution in [-0.4, -0.2) is 11.1 Å². The summed E-state index contributed by atoms with van der Waals surface area (Å²) in [7, 11) is 0. The van der Waals surface area contributed by atoms with E-state index in [0.29, 0.717) is 15.9 Å². The molecule has 0 atom stereocenters. The van der Waals surface area contributed by atoms with Crippen LogP contribution in [0.5, 0.6) is 34.5 Å². The van der Waals surface area contributed by atoms with Crippen LogP contribution in [0, 0.1) is 0 Å². The van der Waals surface area contributed by atoms with Gasteiger partial charge in [-0.1, -0.05) is 144 Å². The highest BCUT2D eigenvalue weighted by Gasteiger charge is 2.48. The van der Waals surface area contributed by atoms with E-state index in [1.807, 2.05) is 127 Å². The van der Waals surface area contributed by atoms with Crippen LogP contribution in [-0.2, 0) is 16.0 Å². The molecule has 0 unspecified atom stereocenters. The quantitative estimate of drug-likeness (QED) is 0.0757. The Morgan fingerprint density at radius 3 is 1.48 bits per heavy atom. The molecule has 0 bridgehead atoms. The summed E-state index contributed by atoms with van der Waals surface area (Å²) in [6.45, 7) is 0. The van der Waals surface area contributed by atoms with Gasteiger partial charge in [-0.15, -0.1) is 0 Å². The van der Waals surface area contributed by atoms with Crippen molar-refractivity contribution < 1.29 is 33.6 Å². The van der Waals surface area contributed by atoms with E-state index in [1.165, 1.54) is 12.1 Å². The number of benzene rings is 6. The Hall–Kier alpha value is -5.48. The molecule has 2 heterocycles. The average molecular weight is 747 g/mol. The lowest BCUT2D eigenvalue weighted by molar-refractivity contribution is -0.0469. The van der Waals surface area contributed by atoms with Gasteiger partial charge in [0.1, 0.15) is 0 Å². The third-order valence-electron chi connectivity index (χ3n) is 8.32. The predicted molar refractivity (Wildman–Crippen MR) is 187 cm³/mol. The standard InChI is InChI=1S/C40H27IO7/c41-25-26-21-33(37-34(22-26)45-40(48-37,30-17-9-3-10-18-30)31-19-11-4-12-20-31)44-38(43)27-23-32(42)36-35(24-27)46-39(47-36,28-13-5-1-6-14-28)29-15-7-2-8-16-29/h1-24,42H,25H2. The number of fused-ring (bicyclic) bond motifs is 2. The van der Waals surface area contributed by atoms with Crippen molar-refractivity contribution in [3.8, 4) is 34.5 Å². The van der Waals surface area contributed by atoms with E-state index in [4.69, 9.17) is 23.7 Å². The molecule has 6 aromatic carbocycles. The molecule has 0 aliphatic carbocycles. The second kappa shape index (κ2) is 12.0. The SMILES string of the molecule is O=C(Oc1cc(CI)cc2c1OC(c1ccccc1)(c1ccccc1)O2)c1cc(O)c2c(c1)OC(c1ccccc1)(c1ccccc1)O2. The number of phenols is 1. The molecule has 1 N–H and O–H groups in total. The monoisotopic (exact) mass is 746 g/mol. The van der Waals surface area contributed by atoms with Gasteiger partial charge < -0.3 is 28.8 Å². The predicted octanol–water partition coefficient (Wildman–Crippen LogP) is 8.89. The molecule has 0 aromatic heterocycles. The maximum absolute atomic E-state index is 13.8. The fraction of sp³-hybridized carbons (Fsp3) is 0.0750. The lowest BCUT2D eigenvalue weighted by Crippen LogP contribution is -2.36. The number of rotatable bonds is 7. The minimum absolute atomic E-state index is 0.0664. The van der Waals surface area contributed by atoms with E-state index >= 15 is 0 Å². The number of ether oxygens (including phenoxy) is 5. The highest BCUT2D eigenvalue weighted by atomic mass is 127. The molecular formula is C40H27IO7. The molecule has 8 heteroatoms. The number of esters is 1. The highest BCUT2D eigenvalue weighted by molar-refractivity contribution is 14.1. The molecule has 0 radical (unpaired) electrons. The Kier molecular flexibility index (Phi) is 7.44. The summed E-state index contributed by atoms with van der Waals surface area (Å²) in [5, 5.41) is 11.2. The zero-order chi connectivity index (χ0) is 32.7. The molecule has 0 spiro atoms. The van der Waals surface area contributed by atoms with Gasteiger partial charge in [-0.25, -0.2) is 4.79 Å². The molecule has 6 aromatic rings. The van der Waals surface area contributed by atoms with Crippen LogP contribution in [0.4, 0.5) is 0 Å². The second-order valence-corrected chi connectivity index (χ2v) is 12.1. The minimum atomic E-state index is -1.37. The maximum atomic E-state index is 13.8. The Morgan fingerprint density at radius 1 is 0.583 bits per heavy atom. The van der Waals surface area contributed by atoms with Gasteiger partial charge >= 0.3 is 17.5 Å². The van der Waals surface area contributed by atoms with Crippen molar-refractivity contribution in [3.05, 3.63) is 179 Å². The number of hydrogen-bond acceptors (Lipinski definition) is 7. The van der Waals surface area contributed by atoms with Gasteiger partial charge in [-0.3, -0.25) is 0 Å². The van der Waals surface area contributed by atoms with Crippen molar-refractivity contribution in [2.45, 2.75) is 16.0 Å². The summed E-state index contributed by atoms with van der Waals surface area (Å²) < 4.78 is 32.8. The number of hydrogen-bond donors (Lipinski definition) is 1. The molecular weight excluding hydrogens is 719 g/mol. The number of halogens is 1. The molecule has 0 amide bonds. The van der Waals surface area contributed by atoms with E-state index in [1.54, 1.807) is 6.07 Å². The maximum Gasteiger partial charge on any atom is 0.343 e. The fourth-order valence-corrected chi connectivity index (χ4v) is 6.52. The largest absolute Gasteiger partial charge is 0.504 e. The summed E-state index contributed by atoms with van der Waals surface area (Å²) in [4.78, 5) is 13.8. The highest BCUT2D eigenvalue weighted by Crippen LogP contribution is 2.54. The molecule has 7 nitrogen and oxygen atoms in total. The van der Waals surface area contributed by atoms with Crippen molar-refractivity contribution in [3.63, 3.8) is 0 Å². The van der Waals surface area contributed by atoms with Crippen LogP contribution in [0.3, 0.4) is 0 Å². The van der Waals surface area contributed by atoms with Crippen molar-refractivity contribution in [2.24, 2.45) is 0 Å². The molecule has 8 rings (SSSR count).